The lowest BCUT2D eigenvalue weighted by Gasteiger charge is -2.15. The zero-order valence-corrected chi connectivity index (χ0v) is 7.17. The van der Waals surface area contributed by atoms with Gasteiger partial charge in [0.25, 0.3) is 0 Å². The fourth-order valence-electron chi connectivity index (χ4n) is 0.699. The smallest absolute Gasteiger partial charge is 0.224 e. The molecule has 0 atom stereocenters. The molecular weight excluding hydrogens is 144 g/mol. The van der Waals surface area contributed by atoms with Crippen LogP contribution in [0.1, 0.15) is 6.42 Å². The van der Waals surface area contributed by atoms with Gasteiger partial charge >= 0.3 is 0 Å². The van der Waals surface area contributed by atoms with Crippen molar-refractivity contribution in [1.82, 2.24) is 4.90 Å². The van der Waals surface area contributed by atoms with Crippen LogP contribution >= 0.6 is 0 Å². The fourth-order valence-corrected chi connectivity index (χ4v) is 0.699. The first kappa shape index (κ1) is 10.4. The summed E-state index contributed by atoms with van der Waals surface area (Å²) in [6.45, 7) is 1.60. The Balaban J connectivity index is 3.47. The minimum Gasteiger partial charge on any atom is -0.384 e. The number of nitrogens with zero attached hydrogens (tertiary/aromatic N) is 1. The predicted molar refractivity (Wildman–Crippen MR) is 43.2 cm³/mol. The summed E-state index contributed by atoms with van der Waals surface area (Å²) in [5.41, 5.74) is 5.27. The number of hydrogen-bond donors (Lipinski definition) is 1. The molecular formula is C7H16N2O2. The Kier molecular flexibility index (Phi) is 5.78. The molecule has 0 bridgehead atoms. The number of nitrogens with two attached hydrogens (primary N) is 1. The van der Waals surface area contributed by atoms with E-state index in [2.05, 4.69) is 0 Å². The Labute approximate surface area is 67.3 Å². The maximum atomic E-state index is 11.1. The summed E-state index contributed by atoms with van der Waals surface area (Å²) < 4.78 is 4.76. The molecule has 66 valence electrons. The van der Waals surface area contributed by atoms with E-state index >= 15 is 0 Å². The van der Waals surface area contributed by atoms with Crippen LogP contribution in [-0.4, -0.2) is 44.7 Å². The Morgan fingerprint density at radius 3 is 2.73 bits per heavy atom. The van der Waals surface area contributed by atoms with Crippen molar-refractivity contribution in [2.45, 2.75) is 6.42 Å². The Morgan fingerprint density at radius 2 is 2.27 bits per heavy atom. The summed E-state index contributed by atoms with van der Waals surface area (Å²) in [5.74, 6) is 0.0808. The van der Waals surface area contributed by atoms with Crippen LogP contribution in [0.25, 0.3) is 0 Å². The Morgan fingerprint density at radius 1 is 1.64 bits per heavy atom. The first-order valence-corrected chi connectivity index (χ1v) is 3.65. The van der Waals surface area contributed by atoms with Gasteiger partial charge in [0.05, 0.1) is 13.0 Å². The molecule has 0 saturated carbocycles. The van der Waals surface area contributed by atoms with Crippen LogP contribution < -0.4 is 5.73 Å². The summed E-state index contributed by atoms with van der Waals surface area (Å²) >= 11 is 0. The van der Waals surface area contributed by atoms with Crippen molar-refractivity contribution in [3.05, 3.63) is 0 Å². The van der Waals surface area contributed by atoms with Crippen LogP contribution in [0.4, 0.5) is 0 Å². The fraction of sp³-hybridized carbons (Fsp3) is 0.857. The number of carbonyl (C=O) groups excluding carboxylic acids is 1. The molecule has 0 aliphatic carbocycles. The monoisotopic (exact) mass is 160 g/mol. The maximum absolute atomic E-state index is 11.1. The first-order valence-electron chi connectivity index (χ1n) is 3.65. The van der Waals surface area contributed by atoms with Crippen molar-refractivity contribution in [2.75, 3.05) is 33.9 Å². The summed E-state index contributed by atoms with van der Waals surface area (Å²) in [7, 11) is 3.32. The van der Waals surface area contributed by atoms with E-state index in [4.69, 9.17) is 10.5 Å². The highest BCUT2D eigenvalue weighted by Crippen LogP contribution is 1.89. The molecule has 0 aliphatic rings. The molecule has 0 heterocycles. The van der Waals surface area contributed by atoms with Gasteiger partial charge in [-0.2, -0.15) is 0 Å². The normalized spacial score (nSPS) is 9.73. The van der Waals surface area contributed by atoms with E-state index in [1.165, 1.54) is 0 Å². The minimum absolute atomic E-state index is 0.0808. The lowest BCUT2D eigenvalue weighted by atomic mass is 10.4. The van der Waals surface area contributed by atoms with E-state index in [1.807, 2.05) is 0 Å². The number of ether oxygens (including phenoxy) is 1. The SMILES string of the molecule is COCCC(=O)N(C)CCN. The van der Waals surface area contributed by atoms with Crippen molar-refractivity contribution in [3.8, 4) is 0 Å². The van der Waals surface area contributed by atoms with Gasteiger partial charge in [-0.05, 0) is 0 Å². The second-order valence-electron chi connectivity index (χ2n) is 2.35. The molecule has 0 aromatic carbocycles. The van der Waals surface area contributed by atoms with Crippen molar-refractivity contribution in [3.63, 3.8) is 0 Å². The molecule has 2 N–H and O–H groups in total. The lowest BCUT2D eigenvalue weighted by molar-refractivity contribution is -0.130. The summed E-state index contributed by atoms with van der Waals surface area (Å²) in [6.07, 6.45) is 0.438. The molecule has 1 amide bonds. The minimum atomic E-state index is 0.0808. The average Bonchev–Trinajstić information content (AvgIpc) is 2.00. The second-order valence-corrected chi connectivity index (χ2v) is 2.35. The van der Waals surface area contributed by atoms with Gasteiger partial charge in [-0.1, -0.05) is 0 Å². The van der Waals surface area contributed by atoms with Crippen LogP contribution in [0.3, 0.4) is 0 Å². The number of carbonyl (C=O) groups is 1. The Bertz CT molecular complexity index is 117. The van der Waals surface area contributed by atoms with Crippen LogP contribution in [0, 0.1) is 0 Å². The number of hydrogen-bond acceptors (Lipinski definition) is 3. The second kappa shape index (κ2) is 6.12. The molecule has 0 rings (SSSR count). The van der Waals surface area contributed by atoms with Crippen molar-refractivity contribution < 1.29 is 9.53 Å². The Hall–Kier alpha value is -0.610. The molecule has 0 spiro atoms. The lowest BCUT2D eigenvalue weighted by Crippen LogP contribution is -2.32. The molecule has 0 saturated heterocycles. The van der Waals surface area contributed by atoms with Gasteiger partial charge in [0.2, 0.25) is 5.91 Å². The summed E-state index contributed by atoms with van der Waals surface area (Å²) in [6, 6.07) is 0. The third-order valence-electron chi connectivity index (χ3n) is 1.41. The van der Waals surface area contributed by atoms with Gasteiger partial charge in [-0.15, -0.1) is 0 Å². The molecule has 0 unspecified atom stereocenters. The van der Waals surface area contributed by atoms with E-state index in [9.17, 15) is 4.79 Å². The van der Waals surface area contributed by atoms with E-state index in [-0.39, 0.29) is 5.91 Å². The molecule has 0 aromatic rings. The van der Waals surface area contributed by atoms with Gasteiger partial charge in [-0.3, -0.25) is 4.79 Å². The average molecular weight is 160 g/mol. The van der Waals surface area contributed by atoms with Gasteiger partial charge in [0, 0.05) is 27.2 Å². The largest absolute Gasteiger partial charge is 0.384 e. The number of likely N-dealkylation sites (N-methyl/N-ethyl adjacent to an activating group) is 1. The zero-order valence-electron chi connectivity index (χ0n) is 7.17. The topological polar surface area (TPSA) is 55.6 Å². The van der Waals surface area contributed by atoms with Crippen LogP contribution in [0.15, 0.2) is 0 Å². The van der Waals surface area contributed by atoms with E-state index < -0.39 is 0 Å². The molecule has 0 radical (unpaired) electrons. The third kappa shape index (κ3) is 4.75. The first-order chi connectivity index (χ1) is 5.22. The maximum Gasteiger partial charge on any atom is 0.224 e. The van der Waals surface area contributed by atoms with Gasteiger partial charge < -0.3 is 15.4 Å². The molecule has 0 fully saturated rings. The predicted octanol–water partition coefficient (Wildman–Crippen LogP) is -0.560. The summed E-state index contributed by atoms with van der Waals surface area (Å²) in [5, 5.41) is 0. The highest BCUT2D eigenvalue weighted by Gasteiger charge is 2.05. The molecule has 4 nitrogen and oxygen atoms in total. The van der Waals surface area contributed by atoms with Crippen LogP contribution in [0.5, 0.6) is 0 Å². The van der Waals surface area contributed by atoms with E-state index in [1.54, 1.807) is 19.1 Å². The third-order valence-corrected chi connectivity index (χ3v) is 1.41. The highest BCUT2D eigenvalue weighted by atomic mass is 16.5. The van der Waals surface area contributed by atoms with Gasteiger partial charge in [0.1, 0.15) is 0 Å². The van der Waals surface area contributed by atoms with Crippen molar-refractivity contribution in [2.24, 2.45) is 5.73 Å². The van der Waals surface area contributed by atoms with E-state index in [0.29, 0.717) is 26.1 Å². The molecule has 4 heteroatoms. The van der Waals surface area contributed by atoms with Crippen molar-refractivity contribution in [1.29, 1.82) is 0 Å². The standard InChI is InChI=1S/C7H16N2O2/c1-9(5-4-8)7(10)3-6-11-2/h3-6,8H2,1-2H3. The quantitative estimate of drug-likeness (QED) is 0.586. The molecule has 11 heavy (non-hydrogen) atoms. The number of rotatable bonds is 5. The van der Waals surface area contributed by atoms with Crippen LogP contribution in [0.2, 0.25) is 0 Å². The van der Waals surface area contributed by atoms with Gasteiger partial charge in [-0.25, -0.2) is 0 Å². The molecule has 0 aromatic heterocycles. The molecule has 0 aliphatic heterocycles. The van der Waals surface area contributed by atoms with Crippen LogP contribution in [-0.2, 0) is 9.53 Å². The highest BCUT2D eigenvalue weighted by molar-refractivity contribution is 5.75. The number of amides is 1. The van der Waals surface area contributed by atoms with E-state index in [0.717, 1.165) is 0 Å². The number of methoxy groups -OCH3 is 1. The van der Waals surface area contributed by atoms with Crippen molar-refractivity contribution >= 4 is 5.91 Å². The zero-order chi connectivity index (χ0) is 8.69. The summed E-state index contributed by atoms with van der Waals surface area (Å²) in [4.78, 5) is 12.7. The van der Waals surface area contributed by atoms with Gasteiger partial charge in [0.15, 0.2) is 0 Å².